The maximum Gasteiger partial charge on any atom is 0.401 e. The highest BCUT2D eigenvalue weighted by molar-refractivity contribution is 9.10. The Morgan fingerprint density at radius 1 is 1.42 bits per heavy atom. The van der Waals surface area contributed by atoms with E-state index in [-0.39, 0.29) is 6.04 Å². The summed E-state index contributed by atoms with van der Waals surface area (Å²) >= 11 is 3.44. The Morgan fingerprint density at radius 2 is 2.19 bits per heavy atom. The van der Waals surface area contributed by atoms with Gasteiger partial charge in [0.1, 0.15) is 5.75 Å². The Morgan fingerprint density at radius 3 is 2.81 bits per heavy atom. The third-order valence-corrected chi connectivity index (χ3v) is 4.62. The topological polar surface area (TPSA) is 48.9 Å². The van der Waals surface area contributed by atoms with Gasteiger partial charge in [-0.15, -0.1) is 0 Å². The molecule has 1 unspecified atom stereocenters. The highest BCUT2D eigenvalue weighted by atomic mass is 79.9. The van der Waals surface area contributed by atoms with E-state index in [0.717, 1.165) is 15.8 Å². The van der Waals surface area contributed by atoms with E-state index in [0.29, 0.717) is 38.6 Å². The van der Waals surface area contributed by atoms with Crippen LogP contribution in [0.3, 0.4) is 0 Å². The van der Waals surface area contributed by atoms with Crippen LogP contribution in [-0.4, -0.2) is 56.4 Å². The number of alkyl halides is 3. The molecule has 2 N–H and O–H groups in total. The van der Waals surface area contributed by atoms with E-state index in [1.807, 2.05) is 25.1 Å². The first-order chi connectivity index (χ1) is 12.3. The average Bonchev–Trinajstić information content (AvgIpc) is 2.98. The number of nitrogens with zero attached hydrogens (tertiary/aromatic N) is 2. The first-order valence-electron chi connectivity index (χ1n) is 8.47. The molecule has 0 saturated carbocycles. The molecule has 1 aliphatic rings. The molecular formula is C17H24BrF3N4O. The Bertz CT molecular complexity index is 625. The Kier molecular flexibility index (Phi) is 7.57. The zero-order valence-electron chi connectivity index (χ0n) is 14.9. The monoisotopic (exact) mass is 436 g/mol. The fourth-order valence-corrected chi connectivity index (χ4v) is 3.43. The number of likely N-dealkylation sites (tertiary alicyclic amines) is 1. The minimum atomic E-state index is -4.16. The lowest BCUT2D eigenvalue weighted by molar-refractivity contribution is -0.143. The van der Waals surface area contributed by atoms with Gasteiger partial charge in [0.25, 0.3) is 0 Å². The highest BCUT2D eigenvalue weighted by Crippen LogP contribution is 2.25. The smallest absolute Gasteiger partial charge is 0.401 e. The van der Waals surface area contributed by atoms with Crippen molar-refractivity contribution < 1.29 is 17.9 Å². The molecule has 1 atom stereocenters. The molecule has 1 fully saturated rings. The molecule has 1 aliphatic heterocycles. The van der Waals surface area contributed by atoms with E-state index in [1.54, 1.807) is 7.11 Å². The molecule has 0 aromatic heterocycles. The summed E-state index contributed by atoms with van der Waals surface area (Å²) in [5.74, 6) is 1.36. The van der Waals surface area contributed by atoms with Gasteiger partial charge in [-0.1, -0.05) is 6.07 Å². The van der Waals surface area contributed by atoms with E-state index >= 15 is 0 Å². The minimum Gasteiger partial charge on any atom is -0.496 e. The van der Waals surface area contributed by atoms with Gasteiger partial charge < -0.3 is 15.4 Å². The largest absolute Gasteiger partial charge is 0.496 e. The van der Waals surface area contributed by atoms with Crippen molar-refractivity contribution in [3.8, 4) is 5.75 Å². The lowest BCUT2D eigenvalue weighted by Gasteiger charge is -2.19. The summed E-state index contributed by atoms with van der Waals surface area (Å²) in [7, 11) is 1.61. The number of aliphatic imine (C=N–C) groups is 1. The van der Waals surface area contributed by atoms with Gasteiger partial charge in [0.05, 0.1) is 24.7 Å². The van der Waals surface area contributed by atoms with Crippen LogP contribution in [0.5, 0.6) is 5.75 Å². The molecule has 2 rings (SSSR count). The predicted molar refractivity (Wildman–Crippen MR) is 99.5 cm³/mol. The molecule has 0 aliphatic carbocycles. The number of benzene rings is 1. The molecule has 0 bridgehead atoms. The molecular weight excluding hydrogens is 413 g/mol. The van der Waals surface area contributed by atoms with Crippen molar-refractivity contribution in [1.29, 1.82) is 0 Å². The second-order valence-corrected chi connectivity index (χ2v) is 7.00. The van der Waals surface area contributed by atoms with Crippen LogP contribution < -0.4 is 15.4 Å². The van der Waals surface area contributed by atoms with Crippen LogP contribution in [0.4, 0.5) is 13.2 Å². The molecule has 1 heterocycles. The number of ether oxygens (including phenoxy) is 1. The van der Waals surface area contributed by atoms with Crippen LogP contribution in [0.15, 0.2) is 27.7 Å². The second-order valence-electron chi connectivity index (χ2n) is 6.14. The number of guanidine groups is 1. The zero-order valence-corrected chi connectivity index (χ0v) is 16.5. The van der Waals surface area contributed by atoms with Crippen molar-refractivity contribution in [3.05, 3.63) is 28.2 Å². The van der Waals surface area contributed by atoms with Gasteiger partial charge in [-0.2, -0.15) is 13.2 Å². The number of hydrogen-bond donors (Lipinski definition) is 2. The van der Waals surface area contributed by atoms with Crippen molar-refractivity contribution in [2.45, 2.75) is 32.1 Å². The van der Waals surface area contributed by atoms with E-state index < -0.39 is 12.7 Å². The van der Waals surface area contributed by atoms with Crippen molar-refractivity contribution in [1.82, 2.24) is 15.5 Å². The molecule has 1 aromatic rings. The van der Waals surface area contributed by atoms with Gasteiger partial charge in [0.15, 0.2) is 5.96 Å². The fraction of sp³-hybridized carbons (Fsp3) is 0.588. The summed E-state index contributed by atoms with van der Waals surface area (Å²) < 4.78 is 43.6. The third-order valence-electron chi connectivity index (χ3n) is 4.00. The lowest BCUT2D eigenvalue weighted by atomic mass is 10.2. The summed E-state index contributed by atoms with van der Waals surface area (Å²) in [6.07, 6.45) is -3.50. The predicted octanol–water partition coefficient (Wildman–Crippen LogP) is 3.15. The summed E-state index contributed by atoms with van der Waals surface area (Å²) in [4.78, 5) is 5.95. The van der Waals surface area contributed by atoms with Gasteiger partial charge in [-0.05, 0) is 47.0 Å². The maximum absolute atomic E-state index is 12.5. The Balaban J connectivity index is 1.94. The van der Waals surface area contributed by atoms with Gasteiger partial charge in [-0.25, -0.2) is 4.99 Å². The number of halogens is 4. The molecule has 0 amide bonds. The van der Waals surface area contributed by atoms with Crippen molar-refractivity contribution in [3.63, 3.8) is 0 Å². The summed E-state index contributed by atoms with van der Waals surface area (Å²) in [5, 5.41) is 6.38. The molecule has 1 aromatic carbocycles. The molecule has 26 heavy (non-hydrogen) atoms. The molecule has 1 saturated heterocycles. The number of rotatable bonds is 6. The average molecular weight is 437 g/mol. The highest BCUT2D eigenvalue weighted by Gasteiger charge is 2.34. The third kappa shape index (κ3) is 6.68. The van der Waals surface area contributed by atoms with Crippen LogP contribution in [-0.2, 0) is 6.54 Å². The lowest BCUT2D eigenvalue weighted by Crippen LogP contribution is -2.45. The van der Waals surface area contributed by atoms with E-state index in [4.69, 9.17) is 4.74 Å². The number of methoxy groups -OCH3 is 1. The van der Waals surface area contributed by atoms with Gasteiger partial charge in [0.2, 0.25) is 0 Å². The van der Waals surface area contributed by atoms with Crippen LogP contribution in [0, 0.1) is 0 Å². The number of hydrogen-bond acceptors (Lipinski definition) is 3. The van der Waals surface area contributed by atoms with Gasteiger partial charge in [0, 0.05) is 25.7 Å². The molecule has 5 nitrogen and oxygen atoms in total. The second kappa shape index (κ2) is 9.45. The van der Waals surface area contributed by atoms with Gasteiger partial charge >= 0.3 is 6.18 Å². The van der Waals surface area contributed by atoms with Crippen LogP contribution in [0.2, 0.25) is 0 Å². The molecule has 9 heteroatoms. The van der Waals surface area contributed by atoms with E-state index in [9.17, 15) is 13.2 Å². The Labute approximate surface area is 160 Å². The quantitative estimate of drug-likeness (QED) is 0.531. The van der Waals surface area contributed by atoms with Crippen molar-refractivity contribution in [2.24, 2.45) is 4.99 Å². The van der Waals surface area contributed by atoms with Crippen molar-refractivity contribution >= 4 is 21.9 Å². The summed E-state index contributed by atoms with van der Waals surface area (Å²) in [5.41, 5.74) is 1.000. The van der Waals surface area contributed by atoms with E-state index in [2.05, 4.69) is 31.6 Å². The normalized spacial score (nSPS) is 18.8. The summed E-state index contributed by atoms with van der Waals surface area (Å²) in [6, 6.07) is 5.68. The molecule has 0 spiro atoms. The fourth-order valence-electron chi connectivity index (χ4n) is 2.84. The van der Waals surface area contributed by atoms with Crippen molar-refractivity contribution in [2.75, 3.05) is 33.3 Å². The molecule has 146 valence electrons. The minimum absolute atomic E-state index is 0.0437. The van der Waals surface area contributed by atoms with Crippen LogP contribution in [0.1, 0.15) is 18.9 Å². The first kappa shape index (κ1) is 20.8. The van der Waals surface area contributed by atoms with Gasteiger partial charge in [-0.3, -0.25) is 4.90 Å². The molecule has 0 radical (unpaired) electrons. The van der Waals surface area contributed by atoms with E-state index in [1.165, 1.54) is 4.90 Å². The maximum atomic E-state index is 12.5. The Hall–Kier alpha value is -1.48. The SMILES string of the molecule is CCNC(=NCc1ccc(OC)c(Br)c1)NC1CCN(CC(F)(F)F)C1. The number of nitrogens with one attached hydrogen (secondary N) is 2. The zero-order chi connectivity index (χ0) is 19.2. The van der Waals surface area contributed by atoms with Crippen LogP contribution in [0.25, 0.3) is 0 Å². The van der Waals surface area contributed by atoms with Crippen LogP contribution >= 0.6 is 15.9 Å². The standard InChI is InChI=1S/C17H24BrF3N4O/c1-3-22-16(23-9-12-4-5-15(26-2)14(18)8-12)24-13-6-7-25(10-13)11-17(19,20)21/h4-5,8,13H,3,6-7,9-11H2,1-2H3,(H2,22,23,24). The summed E-state index contributed by atoms with van der Waals surface area (Å²) in [6.45, 7) is 3.01. The first-order valence-corrected chi connectivity index (χ1v) is 9.26.